The standard InChI is InChI=1S/C13H17ClN2OS/c1-5-15-13-16-11-9(17-7(2)3)6-8(4)10(14)12(11)18-13/h6-7H,5H2,1-4H3,(H,15,16). The van der Waals surface area contributed by atoms with Crippen molar-refractivity contribution in [3.8, 4) is 5.75 Å². The van der Waals surface area contributed by atoms with Gasteiger partial charge >= 0.3 is 0 Å². The molecule has 0 radical (unpaired) electrons. The Morgan fingerprint density at radius 1 is 1.50 bits per heavy atom. The number of nitrogens with zero attached hydrogens (tertiary/aromatic N) is 1. The Bertz CT molecular complexity index is 566. The Morgan fingerprint density at radius 3 is 2.83 bits per heavy atom. The molecule has 18 heavy (non-hydrogen) atoms. The number of hydrogen-bond acceptors (Lipinski definition) is 4. The van der Waals surface area contributed by atoms with Crippen molar-refractivity contribution in [2.45, 2.75) is 33.8 Å². The van der Waals surface area contributed by atoms with Crippen LogP contribution in [0.1, 0.15) is 26.3 Å². The number of thiazole rings is 1. The first kappa shape index (κ1) is 13.4. The minimum absolute atomic E-state index is 0.123. The van der Waals surface area contributed by atoms with Gasteiger partial charge in [0.1, 0.15) is 11.3 Å². The van der Waals surface area contributed by atoms with Crippen molar-refractivity contribution in [1.29, 1.82) is 0 Å². The third-order valence-electron chi connectivity index (χ3n) is 2.44. The molecular weight excluding hydrogens is 268 g/mol. The van der Waals surface area contributed by atoms with E-state index in [1.165, 1.54) is 0 Å². The molecule has 0 aliphatic rings. The second-order valence-electron chi connectivity index (χ2n) is 4.40. The van der Waals surface area contributed by atoms with Gasteiger partial charge in [0, 0.05) is 6.54 Å². The zero-order chi connectivity index (χ0) is 13.3. The van der Waals surface area contributed by atoms with Crippen LogP contribution in [0.2, 0.25) is 5.02 Å². The topological polar surface area (TPSA) is 34.2 Å². The van der Waals surface area contributed by atoms with Crippen LogP contribution in [-0.2, 0) is 0 Å². The van der Waals surface area contributed by atoms with Crippen LogP contribution in [0.25, 0.3) is 10.2 Å². The van der Waals surface area contributed by atoms with E-state index in [2.05, 4.69) is 10.3 Å². The zero-order valence-corrected chi connectivity index (χ0v) is 12.6. The Hall–Kier alpha value is -1.000. The number of benzene rings is 1. The summed E-state index contributed by atoms with van der Waals surface area (Å²) in [6, 6.07) is 1.96. The van der Waals surface area contributed by atoms with Crippen LogP contribution in [0.4, 0.5) is 5.13 Å². The third kappa shape index (κ3) is 2.54. The number of rotatable bonds is 4. The predicted molar refractivity (Wildman–Crippen MR) is 79.3 cm³/mol. The summed E-state index contributed by atoms with van der Waals surface area (Å²) in [4.78, 5) is 4.56. The molecule has 0 saturated carbocycles. The summed E-state index contributed by atoms with van der Waals surface area (Å²) in [6.07, 6.45) is 0.123. The van der Waals surface area contributed by atoms with Gasteiger partial charge in [-0.2, -0.15) is 0 Å². The maximum atomic E-state index is 6.34. The second kappa shape index (κ2) is 5.33. The van der Waals surface area contributed by atoms with E-state index in [9.17, 15) is 0 Å². The summed E-state index contributed by atoms with van der Waals surface area (Å²) in [6.45, 7) is 8.89. The highest BCUT2D eigenvalue weighted by Gasteiger charge is 2.15. The van der Waals surface area contributed by atoms with Crippen LogP contribution < -0.4 is 10.1 Å². The molecule has 0 fully saturated rings. The van der Waals surface area contributed by atoms with Crippen LogP contribution in [0.5, 0.6) is 5.75 Å². The number of anilines is 1. The predicted octanol–water partition coefficient (Wildman–Crippen LogP) is 4.48. The van der Waals surface area contributed by atoms with Gasteiger partial charge in [0.15, 0.2) is 5.13 Å². The van der Waals surface area contributed by atoms with Crippen LogP contribution in [0.3, 0.4) is 0 Å². The first-order valence-electron chi connectivity index (χ1n) is 6.03. The smallest absolute Gasteiger partial charge is 0.183 e. The zero-order valence-electron chi connectivity index (χ0n) is 11.0. The van der Waals surface area contributed by atoms with Crippen LogP contribution in [-0.4, -0.2) is 17.6 Å². The summed E-state index contributed by atoms with van der Waals surface area (Å²) in [7, 11) is 0. The lowest BCUT2D eigenvalue weighted by Crippen LogP contribution is -2.06. The molecule has 1 N–H and O–H groups in total. The fourth-order valence-electron chi connectivity index (χ4n) is 1.71. The Kier molecular flexibility index (Phi) is 3.97. The normalized spacial score (nSPS) is 11.2. The highest BCUT2D eigenvalue weighted by Crippen LogP contribution is 2.39. The molecule has 1 heterocycles. The fraction of sp³-hybridized carbons (Fsp3) is 0.462. The summed E-state index contributed by atoms with van der Waals surface area (Å²) in [5, 5.41) is 4.87. The van der Waals surface area contributed by atoms with Gasteiger partial charge in [0.25, 0.3) is 0 Å². The van der Waals surface area contributed by atoms with Gasteiger partial charge in [-0.3, -0.25) is 0 Å². The molecule has 0 amide bonds. The number of halogens is 1. The van der Waals surface area contributed by atoms with Crippen LogP contribution in [0.15, 0.2) is 6.07 Å². The van der Waals surface area contributed by atoms with E-state index in [-0.39, 0.29) is 6.10 Å². The van der Waals surface area contributed by atoms with Crippen LogP contribution in [0, 0.1) is 6.92 Å². The van der Waals surface area contributed by atoms with Crippen LogP contribution >= 0.6 is 22.9 Å². The van der Waals surface area contributed by atoms with Crippen molar-refractivity contribution in [3.63, 3.8) is 0 Å². The SMILES string of the molecule is CCNc1nc2c(OC(C)C)cc(C)c(Cl)c2s1. The van der Waals surface area contributed by atoms with Crippen molar-refractivity contribution < 1.29 is 4.74 Å². The minimum atomic E-state index is 0.123. The number of nitrogens with one attached hydrogen (secondary N) is 1. The molecule has 0 aliphatic heterocycles. The maximum Gasteiger partial charge on any atom is 0.183 e. The molecule has 0 aliphatic carbocycles. The van der Waals surface area contributed by atoms with Crippen molar-refractivity contribution in [3.05, 3.63) is 16.7 Å². The molecule has 0 saturated heterocycles. The summed E-state index contributed by atoms with van der Waals surface area (Å²) in [5.74, 6) is 0.808. The highest BCUT2D eigenvalue weighted by molar-refractivity contribution is 7.22. The van der Waals surface area contributed by atoms with Gasteiger partial charge in [0.05, 0.1) is 15.8 Å². The monoisotopic (exact) mass is 284 g/mol. The number of aryl methyl sites for hydroxylation is 1. The van der Waals surface area contributed by atoms with E-state index in [0.717, 1.165) is 38.2 Å². The Labute approximate surface area is 116 Å². The largest absolute Gasteiger partial charge is 0.489 e. The molecule has 0 spiro atoms. The highest BCUT2D eigenvalue weighted by atomic mass is 35.5. The van der Waals surface area contributed by atoms with Crippen molar-refractivity contribution >= 4 is 38.3 Å². The van der Waals surface area contributed by atoms with Gasteiger partial charge in [-0.05, 0) is 39.3 Å². The number of ether oxygens (including phenoxy) is 1. The second-order valence-corrected chi connectivity index (χ2v) is 5.78. The molecule has 2 aromatic rings. The van der Waals surface area contributed by atoms with E-state index in [0.29, 0.717) is 0 Å². The third-order valence-corrected chi connectivity index (χ3v) is 4.07. The molecule has 98 valence electrons. The summed E-state index contributed by atoms with van der Waals surface area (Å²) < 4.78 is 6.80. The fourth-order valence-corrected chi connectivity index (χ4v) is 3.01. The number of hydrogen-bond donors (Lipinski definition) is 1. The Balaban J connectivity index is 2.59. The van der Waals surface area contributed by atoms with Crippen molar-refractivity contribution in [1.82, 2.24) is 4.98 Å². The lowest BCUT2D eigenvalue weighted by atomic mass is 10.2. The first-order valence-corrected chi connectivity index (χ1v) is 7.22. The van der Waals surface area contributed by atoms with Gasteiger partial charge in [0.2, 0.25) is 0 Å². The molecule has 1 aromatic carbocycles. The lowest BCUT2D eigenvalue weighted by Gasteiger charge is -2.11. The van der Waals surface area contributed by atoms with Gasteiger partial charge in [-0.25, -0.2) is 4.98 Å². The molecule has 0 atom stereocenters. The van der Waals surface area contributed by atoms with Crippen molar-refractivity contribution in [2.24, 2.45) is 0 Å². The quantitative estimate of drug-likeness (QED) is 0.899. The molecule has 1 aromatic heterocycles. The Morgan fingerprint density at radius 2 is 2.22 bits per heavy atom. The van der Waals surface area contributed by atoms with Gasteiger partial charge in [-0.1, -0.05) is 22.9 Å². The van der Waals surface area contributed by atoms with E-state index >= 15 is 0 Å². The minimum Gasteiger partial charge on any atom is -0.489 e. The average Bonchev–Trinajstić information content (AvgIpc) is 2.70. The summed E-state index contributed by atoms with van der Waals surface area (Å²) >= 11 is 7.90. The van der Waals surface area contributed by atoms with Crippen molar-refractivity contribution in [2.75, 3.05) is 11.9 Å². The van der Waals surface area contributed by atoms with E-state index in [1.807, 2.05) is 33.8 Å². The molecule has 3 nitrogen and oxygen atoms in total. The molecule has 2 rings (SSSR count). The average molecular weight is 285 g/mol. The number of aromatic nitrogens is 1. The molecule has 5 heteroatoms. The number of fused-ring (bicyclic) bond motifs is 1. The maximum absolute atomic E-state index is 6.34. The van der Waals surface area contributed by atoms with E-state index < -0.39 is 0 Å². The molecule has 0 unspecified atom stereocenters. The lowest BCUT2D eigenvalue weighted by molar-refractivity contribution is 0.245. The van der Waals surface area contributed by atoms with Gasteiger partial charge < -0.3 is 10.1 Å². The summed E-state index contributed by atoms with van der Waals surface area (Å²) in [5.41, 5.74) is 1.87. The van der Waals surface area contributed by atoms with E-state index in [4.69, 9.17) is 16.3 Å². The van der Waals surface area contributed by atoms with E-state index in [1.54, 1.807) is 11.3 Å². The van der Waals surface area contributed by atoms with Gasteiger partial charge in [-0.15, -0.1) is 0 Å². The molecule has 0 bridgehead atoms. The molecular formula is C13H17ClN2OS. The first-order chi connectivity index (χ1) is 8.52.